The Labute approximate surface area is 163 Å². The van der Waals surface area contributed by atoms with Crippen LogP contribution in [0.5, 0.6) is 0 Å². The van der Waals surface area contributed by atoms with Crippen LogP contribution < -0.4 is 4.90 Å². The van der Waals surface area contributed by atoms with Crippen LogP contribution in [0.4, 0.5) is 14.6 Å². The molecule has 1 N–H and O–H groups in total. The van der Waals surface area contributed by atoms with Crippen LogP contribution in [-0.2, 0) is 9.59 Å². The van der Waals surface area contributed by atoms with Crippen molar-refractivity contribution in [3.8, 4) is 0 Å². The molecule has 2 aromatic carbocycles. The Balaban J connectivity index is 1.93. The normalized spacial score (nSPS) is 18.4. The second-order valence-corrected chi connectivity index (χ2v) is 6.52. The van der Waals surface area contributed by atoms with Crippen LogP contribution in [0, 0.1) is 18.6 Å². The van der Waals surface area contributed by atoms with Gasteiger partial charge in [0.05, 0.1) is 11.6 Å². The van der Waals surface area contributed by atoms with Gasteiger partial charge in [-0.25, -0.2) is 8.78 Å². The summed E-state index contributed by atoms with van der Waals surface area (Å²) in [5.74, 6) is -2.86. The maximum atomic E-state index is 13.4. The van der Waals surface area contributed by atoms with Crippen LogP contribution in [0.1, 0.15) is 22.9 Å². The van der Waals surface area contributed by atoms with Crippen molar-refractivity contribution in [2.45, 2.75) is 13.0 Å². The quantitative estimate of drug-likeness (QED) is 0.413. The number of carbonyl (C=O) groups is 2. The molecule has 2 heterocycles. The molecule has 3 aromatic rings. The Hall–Kier alpha value is -3.81. The van der Waals surface area contributed by atoms with Gasteiger partial charge in [0.15, 0.2) is 5.82 Å². The molecule has 146 valence electrons. The number of anilines is 1. The van der Waals surface area contributed by atoms with E-state index in [1.807, 2.05) is 0 Å². The minimum Gasteiger partial charge on any atom is -0.507 e. The Morgan fingerprint density at radius 3 is 2.17 bits per heavy atom. The van der Waals surface area contributed by atoms with Crippen LogP contribution >= 0.6 is 0 Å². The Bertz CT molecular complexity index is 1130. The summed E-state index contributed by atoms with van der Waals surface area (Å²) in [6, 6.07) is 10.4. The van der Waals surface area contributed by atoms with Crippen LogP contribution in [0.25, 0.3) is 5.76 Å². The third-order valence-electron chi connectivity index (χ3n) is 4.61. The molecule has 6 nitrogen and oxygen atoms in total. The van der Waals surface area contributed by atoms with Gasteiger partial charge in [-0.1, -0.05) is 17.3 Å². The zero-order valence-electron chi connectivity index (χ0n) is 15.1. The third kappa shape index (κ3) is 3.18. The average Bonchev–Trinajstić information content (AvgIpc) is 3.24. The fourth-order valence-corrected chi connectivity index (χ4v) is 3.26. The molecule has 1 amide bonds. The van der Waals surface area contributed by atoms with Gasteiger partial charge in [-0.2, -0.15) is 0 Å². The van der Waals surface area contributed by atoms with E-state index < -0.39 is 35.1 Å². The van der Waals surface area contributed by atoms with Crippen LogP contribution in [-0.4, -0.2) is 22.0 Å². The summed E-state index contributed by atoms with van der Waals surface area (Å²) in [5.41, 5.74) is 0.330. The summed E-state index contributed by atoms with van der Waals surface area (Å²) < 4.78 is 31.7. The van der Waals surface area contributed by atoms with E-state index in [1.54, 1.807) is 6.92 Å². The molecule has 1 fully saturated rings. The van der Waals surface area contributed by atoms with Gasteiger partial charge >= 0.3 is 5.91 Å². The summed E-state index contributed by atoms with van der Waals surface area (Å²) in [5, 5.41) is 14.6. The highest BCUT2D eigenvalue weighted by Crippen LogP contribution is 2.41. The lowest BCUT2D eigenvalue weighted by atomic mass is 9.95. The molecule has 0 radical (unpaired) electrons. The second-order valence-electron chi connectivity index (χ2n) is 6.52. The van der Waals surface area contributed by atoms with Crippen molar-refractivity contribution in [3.63, 3.8) is 0 Å². The van der Waals surface area contributed by atoms with Gasteiger partial charge in [-0.3, -0.25) is 14.5 Å². The first-order valence-electron chi connectivity index (χ1n) is 8.62. The molecule has 1 aliphatic rings. The van der Waals surface area contributed by atoms with E-state index in [2.05, 4.69) is 5.16 Å². The number of benzene rings is 2. The van der Waals surface area contributed by atoms with Crippen molar-refractivity contribution in [2.75, 3.05) is 4.90 Å². The topological polar surface area (TPSA) is 83.6 Å². The number of amides is 1. The second kappa shape index (κ2) is 6.97. The fraction of sp³-hybridized carbons (Fsp3) is 0.0952. The Kier molecular flexibility index (Phi) is 4.46. The fourth-order valence-electron chi connectivity index (χ4n) is 3.26. The molecule has 0 aliphatic carbocycles. The highest BCUT2D eigenvalue weighted by Gasteiger charge is 2.48. The van der Waals surface area contributed by atoms with Crippen molar-refractivity contribution in [1.29, 1.82) is 0 Å². The summed E-state index contributed by atoms with van der Waals surface area (Å²) in [6.45, 7) is 1.62. The predicted octanol–water partition coefficient (Wildman–Crippen LogP) is 3.89. The van der Waals surface area contributed by atoms with Crippen LogP contribution in [0.15, 0.2) is 64.7 Å². The van der Waals surface area contributed by atoms with E-state index in [1.165, 1.54) is 42.5 Å². The van der Waals surface area contributed by atoms with Gasteiger partial charge < -0.3 is 9.63 Å². The molecule has 8 heteroatoms. The summed E-state index contributed by atoms with van der Waals surface area (Å²) in [4.78, 5) is 26.7. The first-order chi connectivity index (χ1) is 13.9. The molecule has 0 saturated carbocycles. The minimum atomic E-state index is -1.06. The summed E-state index contributed by atoms with van der Waals surface area (Å²) in [6.07, 6.45) is 0. The van der Waals surface area contributed by atoms with Gasteiger partial charge in [0, 0.05) is 11.6 Å². The Morgan fingerprint density at radius 1 is 1.03 bits per heavy atom. The van der Waals surface area contributed by atoms with Gasteiger partial charge in [0.2, 0.25) is 0 Å². The minimum absolute atomic E-state index is 0.0806. The maximum Gasteiger partial charge on any atom is 0.301 e. The van der Waals surface area contributed by atoms with Gasteiger partial charge in [0.1, 0.15) is 23.2 Å². The number of carbonyl (C=O) groups excluding carboxylic acids is 2. The van der Waals surface area contributed by atoms with Crippen molar-refractivity contribution >= 4 is 23.3 Å². The van der Waals surface area contributed by atoms with E-state index in [0.29, 0.717) is 11.3 Å². The number of rotatable bonds is 3. The third-order valence-corrected chi connectivity index (χ3v) is 4.61. The van der Waals surface area contributed by atoms with E-state index in [-0.39, 0.29) is 17.0 Å². The molecule has 1 atom stereocenters. The lowest BCUT2D eigenvalue weighted by Crippen LogP contribution is -2.29. The number of Topliss-reactive ketones (excluding diaryl/α,β-unsaturated/α-hetero) is 1. The Morgan fingerprint density at radius 2 is 1.62 bits per heavy atom. The lowest BCUT2D eigenvalue weighted by molar-refractivity contribution is -0.132. The number of aryl methyl sites for hydroxylation is 1. The smallest absolute Gasteiger partial charge is 0.301 e. The number of nitrogens with zero attached hydrogens (tertiary/aromatic N) is 2. The summed E-state index contributed by atoms with van der Waals surface area (Å²) >= 11 is 0. The van der Waals surface area contributed by atoms with Crippen LogP contribution in [0.2, 0.25) is 0 Å². The monoisotopic (exact) mass is 396 g/mol. The molecule has 1 aromatic heterocycles. The highest BCUT2D eigenvalue weighted by atomic mass is 19.1. The van der Waals surface area contributed by atoms with Crippen LogP contribution in [0.3, 0.4) is 0 Å². The van der Waals surface area contributed by atoms with Crippen molar-refractivity contribution < 1.29 is 28.0 Å². The molecule has 1 aliphatic heterocycles. The first kappa shape index (κ1) is 18.5. The van der Waals surface area contributed by atoms with Crippen molar-refractivity contribution in [2.24, 2.45) is 0 Å². The standard InChI is InChI=1S/C21H14F2N2O4/c1-11-10-16(24-29-11)25-18(12-2-6-14(22)7-3-12)17(20(27)21(25)28)19(26)13-4-8-15(23)9-5-13/h2-10,18,26H,1H3/t18-/m1/s1. The average molecular weight is 396 g/mol. The lowest BCUT2D eigenvalue weighted by Gasteiger charge is -2.22. The largest absolute Gasteiger partial charge is 0.507 e. The number of halogens is 2. The molecular formula is C21H14F2N2O4. The SMILES string of the molecule is Cc1cc(N2C(=O)C(=O)C(=C(O)c3ccc(F)cc3)[C@H]2c2ccc(F)cc2)no1. The van der Waals surface area contributed by atoms with E-state index in [4.69, 9.17) is 4.52 Å². The zero-order valence-corrected chi connectivity index (χ0v) is 15.1. The predicted molar refractivity (Wildman–Crippen MR) is 98.8 cm³/mol. The number of hydrogen-bond donors (Lipinski definition) is 1. The van der Waals surface area contributed by atoms with Crippen molar-refractivity contribution in [1.82, 2.24) is 5.16 Å². The summed E-state index contributed by atoms with van der Waals surface area (Å²) in [7, 11) is 0. The van der Waals surface area contributed by atoms with Gasteiger partial charge in [-0.15, -0.1) is 0 Å². The molecule has 0 spiro atoms. The number of aromatic nitrogens is 1. The van der Waals surface area contributed by atoms with E-state index in [0.717, 1.165) is 17.0 Å². The molecule has 0 unspecified atom stereocenters. The first-order valence-corrected chi connectivity index (χ1v) is 8.62. The molecule has 0 bridgehead atoms. The van der Waals surface area contributed by atoms with Crippen molar-refractivity contribution in [3.05, 3.63) is 88.7 Å². The molecule has 1 saturated heterocycles. The molecule has 29 heavy (non-hydrogen) atoms. The number of aliphatic hydroxyl groups is 1. The number of aliphatic hydroxyl groups excluding tert-OH is 1. The maximum absolute atomic E-state index is 13.4. The van der Waals surface area contributed by atoms with Gasteiger partial charge in [-0.05, 0) is 48.9 Å². The molecule has 4 rings (SSSR count). The van der Waals surface area contributed by atoms with Gasteiger partial charge in [0.25, 0.3) is 5.78 Å². The zero-order chi connectivity index (χ0) is 20.7. The highest BCUT2D eigenvalue weighted by molar-refractivity contribution is 6.51. The van der Waals surface area contributed by atoms with E-state index >= 15 is 0 Å². The number of hydrogen-bond acceptors (Lipinski definition) is 5. The van der Waals surface area contributed by atoms with E-state index in [9.17, 15) is 23.5 Å². The molecular weight excluding hydrogens is 382 g/mol. The number of ketones is 1.